The molecular formula is C47H31NS. The third-order valence-electron chi connectivity index (χ3n) is 10.3. The van der Waals surface area contributed by atoms with Crippen molar-refractivity contribution in [1.82, 2.24) is 0 Å². The van der Waals surface area contributed by atoms with Crippen LogP contribution in [0.3, 0.4) is 0 Å². The molecule has 49 heavy (non-hydrogen) atoms. The van der Waals surface area contributed by atoms with Crippen LogP contribution in [0.4, 0.5) is 11.4 Å². The van der Waals surface area contributed by atoms with Gasteiger partial charge in [0.2, 0.25) is 0 Å². The van der Waals surface area contributed by atoms with E-state index in [1.54, 1.807) is 0 Å². The van der Waals surface area contributed by atoms with Crippen molar-refractivity contribution in [3.63, 3.8) is 0 Å². The van der Waals surface area contributed by atoms with Gasteiger partial charge in [0.05, 0.1) is 5.41 Å². The van der Waals surface area contributed by atoms with Gasteiger partial charge in [0.1, 0.15) is 0 Å². The van der Waals surface area contributed by atoms with Crippen molar-refractivity contribution < 1.29 is 0 Å². The summed E-state index contributed by atoms with van der Waals surface area (Å²) >= 11 is 1.91. The van der Waals surface area contributed by atoms with E-state index < -0.39 is 5.41 Å². The van der Waals surface area contributed by atoms with Gasteiger partial charge in [0.15, 0.2) is 0 Å². The summed E-state index contributed by atoms with van der Waals surface area (Å²) < 4.78 is 2.68. The molecular weight excluding hydrogens is 611 g/mol. The highest BCUT2D eigenvalue weighted by Gasteiger charge is 2.47. The van der Waals surface area contributed by atoms with Crippen molar-refractivity contribution in [2.75, 3.05) is 5.32 Å². The molecule has 0 saturated carbocycles. The summed E-state index contributed by atoms with van der Waals surface area (Å²) in [5, 5.41) is 9.19. The Morgan fingerprint density at radius 2 is 1.06 bits per heavy atom. The van der Waals surface area contributed by atoms with Crippen molar-refractivity contribution in [3.8, 4) is 22.3 Å². The van der Waals surface area contributed by atoms with E-state index in [1.807, 2.05) is 11.3 Å². The highest BCUT2D eigenvalue weighted by atomic mass is 32.1. The Hall–Kier alpha value is -5.96. The number of hydrogen-bond acceptors (Lipinski definition) is 2. The number of nitrogens with one attached hydrogen (secondary N) is 1. The van der Waals surface area contributed by atoms with Gasteiger partial charge in [0.25, 0.3) is 0 Å². The van der Waals surface area contributed by atoms with Crippen LogP contribution < -0.4 is 5.32 Å². The lowest BCUT2D eigenvalue weighted by molar-refractivity contribution is 0.770. The second-order valence-corrected chi connectivity index (χ2v) is 13.9. The lowest BCUT2D eigenvalue weighted by Gasteiger charge is -2.35. The lowest BCUT2D eigenvalue weighted by atomic mass is 9.67. The molecule has 10 rings (SSSR count). The zero-order valence-electron chi connectivity index (χ0n) is 26.7. The molecule has 0 unspecified atom stereocenters. The van der Waals surface area contributed by atoms with E-state index in [4.69, 9.17) is 0 Å². The van der Waals surface area contributed by atoms with Gasteiger partial charge >= 0.3 is 0 Å². The van der Waals surface area contributed by atoms with E-state index in [0.29, 0.717) is 0 Å². The SMILES string of the molecule is c1ccc(C2(c3ccccc3)c3ccccc3-c3cccc(Nc4cccc(-c5cccc6c5sc5c7ccccc7ccc65)c4)c32)cc1. The summed E-state index contributed by atoms with van der Waals surface area (Å²) in [7, 11) is 0. The van der Waals surface area contributed by atoms with Crippen LogP contribution >= 0.6 is 11.3 Å². The molecule has 0 radical (unpaired) electrons. The molecule has 0 atom stereocenters. The Labute approximate surface area is 289 Å². The average molecular weight is 642 g/mol. The lowest BCUT2D eigenvalue weighted by Crippen LogP contribution is -2.29. The van der Waals surface area contributed by atoms with E-state index >= 15 is 0 Å². The van der Waals surface area contributed by atoms with Gasteiger partial charge < -0.3 is 5.32 Å². The van der Waals surface area contributed by atoms with Crippen LogP contribution in [0.25, 0.3) is 53.2 Å². The van der Waals surface area contributed by atoms with Crippen molar-refractivity contribution >= 4 is 53.7 Å². The molecule has 1 N–H and O–H groups in total. The summed E-state index contributed by atoms with van der Waals surface area (Å²) in [6.45, 7) is 0. The average Bonchev–Trinajstić information content (AvgIpc) is 3.71. The van der Waals surface area contributed by atoms with Crippen LogP contribution in [0.5, 0.6) is 0 Å². The van der Waals surface area contributed by atoms with Gasteiger partial charge in [-0.1, -0.05) is 164 Å². The molecule has 9 aromatic rings. The smallest absolute Gasteiger partial charge is 0.0733 e. The molecule has 0 fully saturated rings. The Balaban J connectivity index is 1.15. The molecule has 0 aliphatic heterocycles. The highest BCUT2D eigenvalue weighted by Crippen LogP contribution is 2.58. The predicted molar refractivity (Wildman–Crippen MR) is 209 cm³/mol. The van der Waals surface area contributed by atoms with Crippen LogP contribution in [-0.2, 0) is 5.41 Å². The third kappa shape index (κ3) is 4.18. The molecule has 2 heteroatoms. The fourth-order valence-corrected chi connectivity index (χ4v) is 9.65. The highest BCUT2D eigenvalue weighted by molar-refractivity contribution is 7.27. The minimum absolute atomic E-state index is 0.471. The zero-order valence-corrected chi connectivity index (χ0v) is 27.5. The first-order chi connectivity index (χ1) is 24.3. The van der Waals surface area contributed by atoms with Gasteiger partial charge in [-0.15, -0.1) is 11.3 Å². The molecule has 1 nitrogen and oxygen atoms in total. The molecule has 0 amide bonds. The van der Waals surface area contributed by atoms with Gasteiger partial charge in [-0.2, -0.15) is 0 Å². The summed E-state index contributed by atoms with van der Waals surface area (Å²) in [5.74, 6) is 0. The molecule has 1 aliphatic carbocycles. The Morgan fingerprint density at radius 1 is 0.429 bits per heavy atom. The Bertz CT molecular complexity index is 2650. The monoisotopic (exact) mass is 641 g/mol. The summed E-state index contributed by atoms with van der Waals surface area (Å²) in [6, 6.07) is 66.6. The van der Waals surface area contributed by atoms with E-state index in [-0.39, 0.29) is 0 Å². The first-order valence-electron chi connectivity index (χ1n) is 16.9. The number of fused-ring (bicyclic) bond motifs is 8. The Morgan fingerprint density at radius 3 is 1.90 bits per heavy atom. The van der Waals surface area contributed by atoms with E-state index in [2.05, 4.69) is 187 Å². The fraction of sp³-hybridized carbons (Fsp3) is 0.0213. The predicted octanol–water partition coefficient (Wildman–Crippen LogP) is 13.0. The molecule has 8 aromatic carbocycles. The van der Waals surface area contributed by atoms with Gasteiger partial charge in [-0.05, 0) is 67.9 Å². The minimum atomic E-state index is -0.471. The van der Waals surface area contributed by atoms with Crippen molar-refractivity contribution in [3.05, 3.63) is 204 Å². The second kappa shape index (κ2) is 11.1. The maximum absolute atomic E-state index is 3.95. The summed E-state index contributed by atoms with van der Waals surface area (Å²) in [6.07, 6.45) is 0. The van der Waals surface area contributed by atoms with E-state index in [1.165, 1.54) is 75.5 Å². The van der Waals surface area contributed by atoms with E-state index in [9.17, 15) is 0 Å². The number of anilines is 2. The summed E-state index contributed by atoms with van der Waals surface area (Å²) in [4.78, 5) is 0. The zero-order chi connectivity index (χ0) is 32.4. The standard InChI is InChI=1S/C47H31NS/c1-3-16-33(17-4-1)47(34-18-5-2-6-19-34)42-26-10-9-22-38(42)39-24-13-27-43(44(39)47)48-35-20-11-15-32(30-35)37-23-12-25-40-41-29-28-31-14-7-8-21-36(31)45(41)49-46(37)40/h1-30,48H. The molecule has 0 bridgehead atoms. The molecule has 1 aromatic heterocycles. The second-order valence-electron chi connectivity index (χ2n) is 12.9. The number of hydrogen-bond donors (Lipinski definition) is 1. The topological polar surface area (TPSA) is 12.0 Å². The largest absolute Gasteiger partial charge is 0.355 e. The molecule has 230 valence electrons. The first-order valence-corrected chi connectivity index (χ1v) is 17.7. The van der Waals surface area contributed by atoms with Crippen LogP contribution in [0.1, 0.15) is 22.3 Å². The molecule has 0 saturated heterocycles. The first kappa shape index (κ1) is 28.1. The van der Waals surface area contributed by atoms with Crippen LogP contribution in [-0.4, -0.2) is 0 Å². The number of rotatable bonds is 5. The minimum Gasteiger partial charge on any atom is -0.355 e. The Kier molecular flexibility index (Phi) is 6.34. The molecule has 0 spiro atoms. The maximum atomic E-state index is 3.95. The van der Waals surface area contributed by atoms with Crippen molar-refractivity contribution in [1.29, 1.82) is 0 Å². The molecule has 1 heterocycles. The quantitative estimate of drug-likeness (QED) is 0.197. The third-order valence-corrected chi connectivity index (χ3v) is 11.6. The summed E-state index contributed by atoms with van der Waals surface area (Å²) in [5.41, 5.74) is 11.9. The number of benzene rings is 8. The van der Waals surface area contributed by atoms with Crippen molar-refractivity contribution in [2.45, 2.75) is 5.41 Å². The van der Waals surface area contributed by atoms with Gasteiger partial charge in [-0.25, -0.2) is 0 Å². The molecule has 1 aliphatic rings. The van der Waals surface area contributed by atoms with E-state index in [0.717, 1.165) is 11.4 Å². The van der Waals surface area contributed by atoms with Crippen LogP contribution in [0, 0.1) is 0 Å². The van der Waals surface area contributed by atoms with Crippen LogP contribution in [0.15, 0.2) is 182 Å². The van der Waals surface area contributed by atoms with Crippen molar-refractivity contribution in [2.24, 2.45) is 0 Å². The van der Waals surface area contributed by atoms with Gasteiger partial charge in [0, 0.05) is 37.1 Å². The van der Waals surface area contributed by atoms with Crippen LogP contribution in [0.2, 0.25) is 0 Å². The van der Waals surface area contributed by atoms with Gasteiger partial charge in [-0.3, -0.25) is 0 Å². The normalized spacial score (nSPS) is 13.1. The number of thiophene rings is 1. The fourth-order valence-electron chi connectivity index (χ4n) is 8.28. The maximum Gasteiger partial charge on any atom is 0.0733 e.